The van der Waals surface area contributed by atoms with E-state index in [1.54, 1.807) is 7.11 Å². The van der Waals surface area contributed by atoms with Crippen molar-refractivity contribution in [2.24, 2.45) is 4.99 Å². The number of hydrogen-bond acceptors (Lipinski definition) is 3. The number of ether oxygens (including phenoxy) is 1. The largest absolute Gasteiger partial charge is 0.497 e. The second-order valence-corrected chi connectivity index (χ2v) is 5.13. The SMILES string of the molecule is COc1ccc(N=C2C[C@@H](C)N(c3ccccc3)N2)cc1. The molecule has 21 heavy (non-hydrogen) atoms. The quantitative estimate of drug-likeness (QED) is 0.935. The Morgan fingerprint density at radius 1 is 1.10 bits per heavy atom. The third-order valence-corrected chi connectivity index (χ3v) is 3.55. The van der Waals surface area contributed by atoms with E-state index in [2.05, 4.69) is 34.5 Å². The van der Waals surface area contributed by atoms with Gasteiger partial charge >= 0.3 is 0 Å². The van der Waals surface area contributed by atoms with Gasteiger partial charge in [-0.2, -0.15) is 0 Å². The molecule has 1 atom stereocenters. The molecule has 0 spiro atoms. The molecule has 4 heteroatoms. The summed E-state index contributed by atoms with van der Waals surface area (Å²) < 4.78 is 5.16. The van der Waals surface area contributed by atoms with Gasteiger partial charge in [-0.15, -0.1) is 0 Å². The molecule has 3 rings (SSSR count). The first-order valence-corrected chi connectivity index (χ1v) is 7.09. The van der Waals surface area contributed by atoms with Gasteiger partial charge in [0.2, 0.25) is 0 Å². The molecule has 0 bridgehead atoms. The molecule has 1 aliphatic heterocycles. The Morgan fingerprint density at radius 2 is 1.81 bits per heavy atom. The second kappa shape index (κ2) is 5.87. The molecule has 4 nitrogen and oxygen atoms in total. The molecule has 0 saturated carbocycles. The minimum atomic E-state index is 0.379. The fourth-order valence-electron chi connectivity index (χ4n) is 2.46. The average Bonchev–Trinajstić information content (AvgIpc) is 2.89. The van der Waals surface area contributed by atoms with E-state index in [1.165, 1.54) is 0 Å². The molecule has 1 saturated heterocycles. The van der Waals surface area contributed by atoms with Crippen LogP contribution in [0, 0.1) is 0 Å². The van der Waals surface area contributed by atoms with E-state index in [9.17, 15) is 0 Å². The van der Waals surface area contributed by atoms with E-state index >= 15 is 0 Å². The van der Waals surface area contributed by atoms with E-state index < -0.39 is 0 Å². The van der Waals surface area contributed by atoms with Crippen LogP contribution in [0.2, 0.25) is 0 Å². The van der Waals surface area contributed by atoms with Gasteiger partial charge in [-0.1, -0.05) is 18.2 Å². The van der Waals surface area contributed by atoms with Gasteiger partial charge in [0.15, 0.2) is 0 Å². The molecule has 2 aromatic carbocycles. The van der Waals surface area contributed by atoms with E-state index in [4.69, 9.17) is 4.74 Å². The Morgan fingerprint density at radius 3 is 2.48 bits per heavy atom. The van der Waals surface area contributed by atoms with Gasteiger partial charge in [0.1, 0.15) is 11.6 Å². The van der Waals surface area contributed by atoms with Crippen LogP contribution in [0.3, 0.4) is 0 Å². The molecule has 2 aromatic rings. The number of hydrogen-bond donors (Lipinski definition) is 1. The Balaban J connectivity index is 1.77. The summed E-state index contributed by atoms with van der Waals surface area (Å²) in [6.07, 6.45) is 0.904. The maximum atomic E-state index is 5.16. The Labute approximate surface area is 125 Å². The first-order chi connectivity index (χ1) is 10.3. The maximum Gasteiger partial charge on any atom is 0.123 e. The number of rotatable bonds is 3. The third kappa shape index (κ3) is 2.99. The van der Waals surface area contributed by atoms with Gasteiger partial charge < -0.3 is 4.74 Å². The van der Waals surface area contributed by atoms with Gasteiger partial charge in [0, 0.05) is 6.42 Å². The molecule has 0 amide bonds. The summed E-state index contributed by atoms with van der Waals surface area (Å²) in [5, 5.41) is 2.16. The van der Waals surface area contributed by atoms with Crippen molar-refractivity contribution in [3.8, 4) is 5.75 Å². The molecule has 1 heterocycles. The van der Waals surface area contributed by atoms with Crippen molar-refractivity contribution in [3.05, 3.63) is 54.6 Å². The smallest absolute Gasteiger partial charge is 0.123 e. The van der Waals surface area contributed by atoms with Gasteiger partial charge in [-0.25, -0.2) is 4.99 Å². The van der Waals surface area contributed by atoms with Crippen LogP contribution in [0.1, 0.15) is 13.3 Å². The number of para-hydroxylation sites is 1. The summed E-state index contributed by atoms with van der Waals surface area (Å²) in [6.45, 7) is 2.19. The molecular weight excluding hydrogens is 262 g/mol. The van der Waals surface area contributed by atoms with Crippen LogP contribution in [0.5, 0.6) is 5.75 Å². The maximum absolute atomic E-state index is 5.16. The second-order valence-electron chi connectivity index (χ2n) is 5.13. The Hall–Kier alpha value is -2.49. The molecular formula is C17H19N3O. The number of nitrogens with zero attached hydrogens (tertiary/aromatic N) is 2. The number of hydrazine groups is 1. The fourth-order valence-corrected chi connectivity index (χ4v) is 2.46. The van der Waals surface area contributed by atoms with Crippen LogP contribution in [-0.4, -0.2) is 19.0 Å². The van der Waals surface area contributed by atoms with Crippen LogP contribution in [-0.2, 0) is 0 Å². The van der Waals surface area contributed by atoms with Gasteiger partial charge in [-0.05, 0) is 43.3 Å². The standard InChI is InChI=1S/C17H19N3O/c1-13-12-17(18-14-8-10-16(21-2)11-9-14)19-20(13)15-6-4-3-5-7-15/h3-11,13H,12H2,1-2H3,(H,18,19)/t13-/m1/s1. The van der Waals surface area contributed by atoms with Crippen LogP contribution >= 0.6 is 0 Å². The van der Waals surface area contributed by atoms with Gasteiger partial charge in [0.25, 0.3) is 0 Å². The van der Waals surface area contributed by atoms with Crippen molar-refractivity contribution >= 4 is 17.2 Å². The zero-order valence-electron chi connectivity index (χ0n) is 12.3. The van der Waals surface area contributed by atoms with Crippen molar-refractivity contribution in [1.82, 2.24) is 5.43 Å². The summed E-state index contributed by atoms with van der Waals surface area (Å²) >= 11 is 0. The lowest BCUT2D eigenvalue weighted by molar-refractivity contribution is 0.415. The number of benzene rings is 2. The Kier molecular flexibility index (Phi) is 3.77. The number of nitrogens with one attached hydrogen (secondary N) is 1. The number of aliphatic imine (C=N–C) groups is 1. The summed E-state index contributed by atoms with van der Waals surface area (Å²) in [5.74, 6) is 1.83. The summed E-state index contributed by atoms with van der Waals surface area (Å²) in [4.78, 5) is 4.67. The highest BCUT2D eigenvalue weighted by molar-refractivity contribution is 5.89. The highest BCUT2D eigenvalue weighted by atomic mass is 16.5. The molecule has 1 fully saturated rings. The van der Waals surface area contributed by atoms with Crippen LogP contribution in [0.25, 0.3) is 0 Å². The van der Waals surface area contributed by atoms with Crippen molar-refractivity contribution in [2.45, 2.75) is 19.4 Å². The van der Waals surface area contributed by atoms with Crippen molar-refractivity contribution in [3.63, 3.8) is 0 Å². The predicted molar refractivity (Wildman–Crippen MR) is 86.2 cm³/mol. The lowest BCUT2D eigenvalue weighted by Crippen LogP contribution is -2.37. The minimum Gasteiger partial charge on any atom is -0.497 e. The van der Waals surface area contributed by atoms with Crippen molar-refractivity contribution in [1.29, 1.82) is 0 Å². The lowest BCUT2D eigenvalue weighted by Gasteiger charge is -2.22. The fraction of sp³-hybridized carbons (Fsp3) is 0.235. The zero-order chi connectivity index (χ0) is 14.7. The highest BCUT2D eigenvalue weighted by Gasteiger charge is 2.25. The Bertz CT molecular complexity index is 622. The van der Waals surface area contributed by atoms with Crippen LogP contribution < -0.4 is 15.2 Å². The molecule has 1 N–H and O–H groups in total. The molecule has 0 aliphatic carbocycles. The predicted octanol–water partition coefficient (Wildman–Crippen LogP) is 3.53. The van der Waals surface area contributed by atoms with Crippen molar-refractivity contribution in [2.75, 3.05) is 12.1 Å². The number of anilines is 1. The molecule has 0 aromatic heterocycles. The third-order valence-electron chi connectivity index (χ3n) is 3.55. The van der Waals surface area contributed by atoms with E-state index in [1.807, 2.05) is 42.5 Å². The normalized spacial score (nSPS) is 19.6. The number of amidine groups is 1. The highest BCUT2D eigenvalue weighted by Crippen LogP contribution is 2.23. The molecule has 0 radical (unpaired) electrons. The summed E-state index contributed by atoms with van der Waals surface area (Å²) in [6, 6.07) is 18.5. The topological polar surface area (TPSA) is 36.9 Å². The first kappa shape index (κ1) is 13.5. The molecule has 108 valence electrons. The van der Waals surface area contributed by atoms with Gasteiger partial charge in [-0.3, -0.25) is 10.4 Å². The zero-order valence-corrected chi connectivity index (χ0v) is 12.3. The monoisotopic (exact) mass is 281 g/mol. The van der Waals surface area contributed by atoms with Crippen LogP contribution in [0.4, 0.5) is 11.4 Å². The molecule has 1 aliphatic rings. The lowest BCUT2D eigenvalue weighted by atomic mass is 10.2. The first-order valence-electron chi connectivity index (χ1n) is 7.09. The van der Waals surface area contributed by atoms with Crippen LogP contribution in [0.15, 0.2) is 59.6 Å². The number of methoxy groups -OCH3 is 1. The minimum absolute atomic E-state index is 0.379. The van der Waals surface area contributed by atoms with Gasteiger partial charge in [0.05, 0.1) is 24.5 Å². The van der Waals surface area contributed by atoms with E-state index in [0.29, 0.717) is 6.04 Å². The summed E-state index contributed by atoms with van der Waals surface area (Å²) in [5.41, 5.74) is 5.47. The summed E-state index contributed by atoms with van der Waals surface area (Å²) in [7, 11) is 1.67. The average molecular weight is 281 g/mol. The van der Waals surface area contributed by atoms with E-state index in [-0.39, 0.29) is 0 Å². The molecule has 0 unspecified atom stereocenters. The van der Waals surface area contributed by atoms with E-state index in [0.717, 1.165) is 29.4 Å². The van der Waals surface area contributed by atoms with Crippen molar-refractivity contribution < 1.29 is 4.74 Å².